The van der Waals surface area contributed by atoms with E-state index in [0.29, 0.717) is 10.6 Å². The van der Waals surface area contributed by atoms with Crippen molar-refractivity contribution in [1.82, 2.24) is 5.32 Å². The summed E-state index contributed by atoms with van der Waals surface area (Å²) < 4.78 is 1.01. The maximum atomic E-state index is 12.4. The molecule has 0 aliphatic heterocycles. The van der Waals surface area contributed by atoms with Crippen molar-refractivity contribution in [3.05, 3.63) is 28.6 Å². The number of primary amides is 1. The first-order valence-electron chi connectivity index (χ1n) is 6.59. The van der Waals surface area contributed by atoms with Gasteiger partial charge in [0.05, 0.1) is 5.69 Å². The molecule has 21 heavy (non-hydrogen) atoms. The summed E-state index contributed by atoms with van der Waals surface area (Å²) >= 11 is 1.36. The number of hydrogen-bond acceptors (Lipinski definition) is 4. The van der Waals surface area contributed by atoms with Crippen LogP contribution in [0.2, 0.25) is 0 Å². The molecule has 0 unspecified atom stereocenters. The molecule has 0 aliphatic rings. The number of anilines is 1. The monoisotopic (exact) mass is 305 g/mol. The van der Waals surface area contributed by atoms with Crippen molar-refractivity contribution in [3.8, 4) is 0 Å². The second kappa shape index (κ2) is 5.37. The molecule has 0 saturated carbocycles. The van der Waals surface area contributed by atoms with Crippen LogP contribution in [0.15, 0.2) is 18.2 Å². The molecular weight excluding hydrogens is 286 g/mol. The number of nitrogens with two attached hydrogens (primary N) is 2. The lowest BCUT2D eigenvalue weighted by Crippen LogP contribution is -2.45. The highest BCUT2D eigenvalue weighted by Crippen LogP contribution is 2.35. The highest BCUT2D eigenvalue weighted by molar-refractivity contribution is 7.21. The summed E-state index contributed by atoms with van der Waals surface area (Å²) in [5.74, 6) is -0.736. The molecule has 0 atom stereocenters. The molecule has 0 radical (unpaired) electrons. The summed E-state index contributed by atoms with van der Waals surface area (Å²) in [4.78, 5) is 23.9. The zero-order valence-electron chi connectivity index (χ0n) is 12.3. The fourth-order valence-corrected chi connectivity index (χ4v) is 3.38. The van der Waals surface area contributed by atoms with Crippen molar-refractivity contribution in [3.63, 3.8) is 0 Å². The molecule has 112 valence electrons. The Hall–Kier alpha value is -2.08. The van der Waals surface area contributed by atoms with Gasteiger partial charge in [-0.05, 0) is 26.3 Å². The van der Waals surface area contributed by atoms with Gasteiger partial charge in [0.1, 0.15) is 4.88 Å². The van der Waals surface area contributed by atoms with E-state index in [0.717, 1.165) is 15.6 Å². The van der Waals surface area contributed by atoms with Crippen molar-refractivity contribution in [2.24, 2.45) is 5.73 Å². The Labute approximate surface area is 127 Å². The molecule has 5 nitrogen and oxygen atoms in total. The van der Waals surface area contributed by atoms with Gasteiger partial charge < -0.3 is 16.8 Å². The van der Waals surface area contributed by atoms with E-state index in [1.807, 2.05) is 25.1 Å². The number of fused-ring (bicyclic) bond motifs is 1. The third-order valence-electron chi connectivity index (χ3n) is 3.23. The lowest BCUT2D eigenvalue weighted by molar-refractivity contribution is -0.119. The van der Waals surface area contributed by atoms with Crippen molar-refractivity contribution < 1.29 is 9.59 Å². The molecule has 2 rings (SSSR count). The lowest BCUT2D eigenvalue weighted by atomic mass is 10.00. The predicted octanol–water partition coefficient (Wildman–Crippen LogP) is 2.18. The van der Waals surface area contributed by atoms with Gasteiger partial charge >= 0.3 is 0 Å². The lowest BCUT2D eigenvalue weighted by Gasteiger charge is -2.24. The number of benzene rings is 1. The van der Waals surface area contributed by atoms with E-state index >= 15 is 0 Å². The first-order valence-corrected chi connectivity index (χ1v) is 7.41. The Balaban J connectivity index is 2.34. The van der Waals surface area contributed by atoms with E-state index in [4.69, 9.17) is 11.5 Å². The van der Waals surface area contributed by atoms with Gasteiger partial charge in [0, 0.05) is 22.0 Å². The van der Waals surface area contributed by atoms with Crippen LogP contribution < -0.4 is 16.8 Å². The fourth-order valence-electron chi connectivity index (χ4n) is 2.29. The van der Waals surface area contributed by atoms with Crippen molar-refractivity contribution >= 4 is 38.9 Å². The first-order chi connectivity index (χ1) is 9.71. The van der Waals surface area contributed by atoms with Crippen LogP contribution in [0.3, 0.4) is 0 Å². The van der Waals surface area contributed by atoms with Crippen LogP contribution >= 0.6 is 11.3 Å². The Morgan fingerprint density at radius 2 is 2.00 bits per heavy atom. The number of carbonyl (C=O) groups is 2. The van der Waals surface area contributed by atoms with E-state index in [2.05, 4.69) is 5.32 Å². The zero-order valence-corrected chi connectivity index (χ0v) is 13.1. The minimum atomic E-state index is -0.708. The van der Waals surface area contributed by atoms with Crippen LogP contribution in [-0.4, -0.2) is 17.4 Å². The quantitative estimate of drug-likeness (QED) is 0.807. The van der Waals surface area contributed by atoms with E-state index in [9.17, 15) is 9.59 Å². The van der Waals surface area contributed by atoms with Crippen LogP contribution in [0.4, 0.5) is 5.69 Å². The highest BCUT2D eigenvalue weighted by atomic mass is 32.1. The van der Waals surface area contributed by atoms with E-state index in [-0.39, 0.29) is 12.3 Å². The third-order valence-corrected chi connectivity index (χ3v) is 4.58. The first kappa shape index (κ1) is 15.3. The molecule has 5 N–H and O–H groups in total. The van der Waals surface area contributed by atoms with Crippen molar-refractivity contribution in [2.45, 2.75) is 32.7 Å². The van der Waals surface area contributed by atoms with Gasteiger partial charge in [-0.2, -0.15) is 0 Å². The Kier molecular flexibility index (Phi) is 3.91. The fraction of sp³-hybridized carbons (Fsp3) is 0.333. The zero-order chi connectivity index (χ0) is 15.8. The van der Waals surface area contributed by atoms with Crippen LogP contribution in [-0.2, 0) is 4.79 Å². The predicted molar refractivity (Wildman–Crippen MR) is 86.3 cm³/mol. The maximum absolute atomic E-state index is 12.4. The summed E-state index contributed by atoms with van der Waals surface area (Å²) in [5.41, 5.74) is 12.1. The summed E-state index contributed by atoms with van der Waals surface area (Å²) in [6.45, 7) is 5.49. The second-order valence-corrected chi connectivity index (χ2v) is 6.80. The number of carbonyl (C=O) groups excluding carboxylic acids is 2. The summed E-state index contributed by atoms with van der Waals surface area (Å²) in [6, 6.07) is 5.80. The summed E-state index contributed by atoms with van der Waals surface area (Å²) in [7, 11) is 0. The molecule has 0 bridgehead atoms. The largest absolute Gasteiger partial charge is 0.397 e. The van der Waals surface area contributed by atoms with Gasteiger partial charge in [-0.15, -0.1) is 11.3 Å². The minimum Gasteiger partial charge on any atom is -0.397 e. The second-order valence-electron chi connectivity index (χ2n) is 5.78. The Morgan fingerprint density at radius 3 is 2.57 bits per heavy atom. The number of nitrogen functional groups attached to an aromatic ring is 1. The molecule has 0 aliphatic carbocycles. The van der Waals surface area contributed by atoms with Crippen LogP contribution in [0.5, 0.6) is 0 Å². The van der Waals surface area contributed by atoms with Crippen molar-refractivity contribution in [1.29, 1.82) is 0 Å². The minimum absolute atomic E-state index is 0.0720. The van der Waals surface area contributed by atoms with E-state index in [1.54, 1.807) is 13.8 Å². The molecule has 0 saturated heterocycles. The van der Waals surface area contributed by atoms with Crippen LogP contribution in [0.1, 0.15) is 35.5 Å². The highest BCUT2D eigenvalue weighted by Gasteiger charge is 2.26. The Morgan fingerprint density at radius 1 is 1.33 bits per heavy atom. The van der Waals surface area contributed by atoms with Gasteiger partial charge in [-0.1, -0.05) is 18.2 Å². The number of aryl methyl sites for hydroxylation is 1. The van der Waals surface area contributed by atoms with Gasteiger partial charge in [0.25, 0.3) is 5.91 Å². The molecule has 2 aromatic rings. The molecule has 1 aromatic heterocycles. The van der Waals surface area contributed by atoms with Crippen LogP contribution in [0, 0.1) is 6.92 Å². The smallest absolute Gasteiger partial charge is 0.263 e. The van der Waals surface area contributed by atoms with Gasteiger partial charge in [0.15, 0.2) is 0 Å². The number of amides is 2. The van der Waals surface area contributed by atoms with E-state index < -0.39 is 11.4 Å². The SMILES string of the molecule is Cc1cccc2c(N)c(C(=O)NC(C)(C)CC(N)=O)sc12. The average Bonchev–Trinajstić information content (AvgIpc) is 2.66. The van der Waals surface area contributed by atoms with Gasteiger partial charge in [-0.3, -0.25) is 9.59 Å². The summed E-state index contributed by atoms with van der Waals surface area (Å²) in [5, 5.41) is 3.70. The van der Waals surface area contributed by atoms with E-state index in [1.165, 1.54) is 11.3 Å². The average molecular weight is 305 g/mol. The van der Waals surface area contributed by atoms with Crippen molar-refractivity contribution in [2.75, 3.05) is 5.73 Å². The van der Waals surface area contributed by atoms with Gasteiger partial charge in [-0.25, -0.2) is 0 Å². The van der Waals surface area contributed by atoms with Gasteiger partial charge in [0.2, 0.25) is 5.91 Å². The molecule has 6 heteroatoms. The standard InChI is InChI=1S/C15H19N3O2S/c1-8-5-4-6-9-11(17)13(21-12(8)9)14(20)18-15(2,3)7-10(16)19/h4-6H,7,17H2,1-3H3,(H2,16,19)(H,18,20). The molecule has 0 spiro atoms. The normalized spacial score (nSPS) is 11.6. The van der Waals surface area contributed by atoms with Crippen LogP contribution in [0.25, 0.3) is 10.1 Å². The molecule has 0 fully saturated rings. The molecule has 1 aromatic carbocycles. The maximum Gasteiger partial charge on any atom is 0.263 e. The Bertz CT molecular complexity index is 719. The number of rotatable bonds is 4. The topological polar surface area (TPSA) is 98.2 Å². The number of thiophene rings is 1. The molecule has 2 amide bonds. The number of hydrogen-bond donors (Lipinski definition) is 3. The molecular formula is C15H19N3O2S. The summed E-state index contributed by atoms with van der Waals surface area (Å²) in [6.07, 6.45) is 0.0720. The number of nitrogens with one attached hydrogen (secondary N) is 1. The third kappa shape index (κ3) is 3.16. The molecule has 1 heterocycles.